The van der Waals surface area contributed by atoms with Crippen molar-refractivity contribution >= 4 is 5.91 Å². The molecule has 4 nitrogen and oxygen atoms in total. The number of benzene rings is 1. The van der Waals surface area contributed by atoms with E-state index in [9.17, 15) is 4.79 Å². The van der Waals surface area contributed by atoms with Crippen molar-refractivity contribution in [3.8, 4) is 0 Å². The van der Waals surface area contributed by atoms with Crippen molar-refractivity contribution in [3.05, 3.63) is 35.4 Å². The van der Waals surface area contributed by atoms with Gasteiger partial charge in [0.15, 0.2) is 0 Å². The van der Waals surface area contributed by atoms with Gasteiger partial charge in [-0.3, -0.25) is 4.79 Å². The summed E-state index contributed by atoms with van der Waals surface area (Å²) in [6.07, 6.45) is 0. The number of hydrogen-bond acceptors (Lipinski definition) is 3. The van der Waals surface area contributed by atoms with E-state index in [1.54, 1.807) is 7.11 Å². The number of nitrogens with zero attached hydrogens (tertiary/aromatic N) is 1. The zero-order valence-corrected chi connectivity index (χ0v) is 12.1. The van der Waals surface area contributed by atoms with Crippen LogP contribution in [0.3, 0.4) is 0 Å². The summed E-state index contributed by atoms with van der Waals surface area (Å²) in [5.41, 5.74) is 7.29. The van der Waals surface area contributed by atoms with Gasteiger partial charge in [-0.25, -0.2) is 0 Å². The second kappa shape index (κ2) is 7.92. The van der Waals surface area contributed by atoms with Crippen molar-refractivity contribution in [3.63, 3.8) is 0 Å². The van der Waals surface area contributed by atoms with Crippen LogP contribution in [0.25, 0.3) is 0 Å². The summed E-state index contributed by atoms with van der Waals surface area (Å²) >= 11 is 0. The predicted octanol–water partition coefficient (Wildman–Crippen LogP) is 1.89. The summed E-state index contributed by atoms with van der Waals surface area (Å²) in [6.45, 7) is 6.61. The molecule has 0 aromatic heterocycles. The SMILES string of the molecule is COCCN(CC(C)C)C(=O)c1ccc(CN)cc1. The summed E-state index contributed by atoms with van der Waals surface area (Å²) in [4.78, 5) is 14.3. The molecule has 0 saturated carbocycles. The lowest BCUT2D eigenvalue weighted by Gasteiger charge is -2.24. The van der Waals surface area contributed by atoms with Crippen LogP contribution >= 0.6 is 0 Å². The molecule has 1 amide bonds. The zero-order chi connectivity index (χ0) is 14.3. The summed E-state index contributed by atoms with van der Waals surface area (Å²) < 4.78 is 5.07. The Morgan fingerprint density at radius 3 is 2.42 bits per heavy atom. The minimum absolute atomic E-state index is 0.0503. The highest BCUT2D eigenvalue weighted by Gasteiger charge is 2.16. The van der Waals surface area contributed by atoms with Crippen LogP contribution in [-0.4, -0.2) is 37.6 Å². The number of hydrogen-bond donors (Lipinski definition) is 1. The Hall–Kier alpha value is -1.39. The van der Waals surface area contributed by atoms with E-state index in [1.807, 2.05) is 29.2 Å². The van der Waals surface area contributed by atoms with Crippen LogP contribution in [-0.2, 0) is 11.3 Å². The van der Waals surface area contributed by atoms with E-state index in [2.05, 4.69) is 13.8 Å². The smallest absolute Gasteiger partial charge is 0.253 e. The number of amides is 1. The van der Waals surface area contributed by atoms with Crippen LogP contribution in [0.4, 0.5) is 0 Å². The normalized spacial score (nSPS) is 10.8. The predicted molar refractivity (Wildman–Crippen MR) is 77.0 cm³/mol. The third kappa shape index (κ3) is 5.01. The van der Waals surface area contributed by atoms with Crippen molar-refractivity contribution in [1.82, 2.24) is 4.90 Å². The first-order valence-corrected chi connectivity index (χ1v) is 6.65. The monoisotopic (exact) mass is 264 g/mol. The number of methoxy groups -OCH3 is 1. The van der Waals surface area contributed by atoms with E-state index in [1.165, 1.54) is 0 Å². The van der Waals surface area contributed by atoms with Crippen molar-refractivity contribution in [2.75, 3.05) is 26.8 Å². The quantitative estimate of drug-likeness (QED) is 0.818. The Balaban J connectivity index is 2.78. The molecule has 0 spiro atoms. The van der Waals surface area contributed by atoms with Gasteiger partial charge in [-0.05, 0) is 23.6 Å². The van der Waals surface area contributed by atoms with E-state index < -0.39 is 0 Å². The molecule has 1 aromatic carbocycles. The maximum absolute atomic E-state index is 12.4. The molecule has 0 radical (unpaired) electrons. The van der Waals surface area contributed by atoms with E-state index in [-0.39, 0.29) is 5.91 Å². The van der Waals surface area contributed by atoms with Gasteiger partial charge in [-0.1, -0.05) is 26.0 Å². The number of carbonyl (C=O) groups is 1. The van der Waals surface area contributed by atoms with Crippen molar-refractivity contribution < 1.29 is 9.53 Å². The van der Waals surface area contributed by atoms with Crippen LogP contribution in [0.2, 0.25) is 0 Å². The second-order valence-electron chi connectivity index (χ2n) is 5.04. The lowest BCUT2D eigenvalue weighted by molar-refractivity contribution is 0.0672. The van der Waals surface area contributed by atoms with Gasteiger partial charge >= 0.3 is 0 Å². The second-order valence-corrected chi connectivity index (χ2v) is 5.04. The van der Waals surface area contributed by atoms with Gasteiger partial charge in [0, 0.05) is 32.3 Å². The Kier molecular flexibility index (Phi) is 6.53. The molecule has 4 heteroatoms. The molecule has 2 N–H and O–H groups in total. The van der Waals surface area contributed by atoms with Crippen LogP contribution < -0.4 is 5.73 Å². The van der Waals surface area contributed by atoms with Crippen molar-refractivity contribution in [1.29, 1.82) is 0 Å². The third-order valence-corrected chi connectivity index (χ3v) is 2.87. The molecule has 0 fully saturated rings. The fourth-order valence-electron chi connectivity index (χ4n) is 1.88. The Morgan fingerprint density at radius 1 is 1.32 bits per heavy atom. The fourth-order valence-corrected chi connectivity index (χ4v) is 1.88. The molecule has 19 heavy (non-hydrogen) atoms. The van der Waals surface area contributed by atoms with Crippen LogP contribution in [0.15, 0.2) is 24.3 Å². The molecule has 0 saturated heterocycles. The Bertz CT molecular complexity index is 388. The van der Waals surface area contributed by atoms with Crippen molar-refractivity contribution in [2.45, 2.75) is 20.4 Å². The van der Waals surface area contributed by atoms with E-state index >= 15 is 0 Å². The fraction of sp³-hybridized carbons (Fsp3) is 0.533. The minimum atomic E-state index is 0.0503. The van der Waals surface area contributed by atoms with E-state index in [0.717, 1.165) is 12.1 Å². The van der Waals surface area contributed by atoms with E-state index in [0.29, 0.717) is 31.2 Å². The van der Waals surface area contributed by atoms with Gasteiger partial charge in [0.25, 0.3) is 5.91 Å². The average Bonchev–Trinajstić information content (AvgIpc) is 2.42. The largest absolute Gasteiger partial charge is 0.383 e. The van der Waals surface area contributed by atoms with Gasteiger partial charge in [0.05, 0.1) is 6.61 Å². The highest BCUT2D eigenvalue weighted by molar-refractivity contribution is 5.94. The molecule has 106 valence electrons. The number of rotatable bonds is 7. The van der Waals surface area contributed by atoms with E-state index in [4.69, 9.17) is 10.5 Å². The summed E-state index contributed by atoms with van der Waals surface area (Å²) in [6, 6.07) is 7.48. The van der Waals surface area contributed by atoms with Crippen LogP contribution in [0, 0.1) is 5.92 Å². The molecule has 0 aliphatic heterocycles. The zero-order valence-electron chi connectivity index (χ0n) is 12.1. The summed E-state index contributed by atoms with van der Waals surface area (Å²) in [5.74, 6) is 0.485. The van der Waals surface area contributed by atoms with Gasteiger partial charge in [0.1, 0.15) is 0 Å². The van der Waals surface area contributed by atoms with Gasteiger partial charge in [0.2, 0.25) is 0 Å². The first-order valence-electron chi connectivity index (χ1n) is 6.65. The summed E-state index contributed by atoms with van der Waals surface area (Å²) in [5, 5.41) is 0. The Labute approximate surface area is 115 Å². The number of carbonyl (C=O) groups excluding carboxylic acids is 1. The number of ether oxygens (including phenoxy) is 1. The average molecular weight is 264 g/mol. The van der Waals surface area contributed by atoms with Gasteiger partial charge in [-0.15, -0.1) is 0 Å². The first kappa shape index (κ1) is 15.7. The molecule has 1 rings (SSSR count). The molecule has 0 unspecified atom stereocenters. The standard InChI is InChI=1S/C15H24N2O2/c1-12(2)11-17(8-9-19-3)15(18)14-6-4-13(10-16)5-7-14/h4-7,12H,8-11,16H2,1-3H3. The highest BCUT2D eigenvalue weighted by atomic mass is 16.5. The molecule has 0 heterocycles. The molecule has 0 aliphatic rings. The maximum Gasteiger partial charge on any atom is 0.253 e. The van der Waals surface area contributed by atoms with Crippen LogP contribution in [0.5, 0.6) is 0 Å². The summed E-state index contributed by atoms with van der Waals surface area (Å²) in [7, 11) is 1.65. The molecule has 0 atom stereocenters. The number of nitrogens with two attached hydrogens (primary N) is 1. The Morgan fingerprint density at radius 2 is 1.95 bits per heavy atom. The van der Waals surface area contributed by atoms with Gasteiger partial charge in [-0.2, -0.15) is 0 Å². The topological polar surface area (TPSA) is 55.6 Å². The van der Waals surface area contributed by atoms with Crippen LogP contribution in [0.1, 0.15) is 29.8 Å². The third-order valence-electron chi connectivity index (χ3n) is 2.87. The minimum Gasteiger partial charge on any atom is -0.383 e. The maximum atomic E-state index is 12.4. The molecule has 0 aliphatic carbocycles. The molecular formula is C15H24N2O2. The van der Waals surface area contributed by atoms with Crippen molar-refractivity contribution in [2.24, 2.45) is 11.7 Å². The lowest BCUT2D eigenvalue weighted by atomic mass is 10.1. The molecule has 1 aromatic rings. The molecule has 0 bridgehead atoms. The highest BCUT2D eigenvalue weighted by Crippen LogP contribution is 2.09. The van der Waals surface area contributed by atoms with Gasteiger partial charge < -0.3 is 15.4 Å². The lowest BCUT2D eigenvalue weighted by Crippen LogP contribution is -2.36. The molecular weight excluding hydrogens is 240 g/mol. The first-order chi connectivity index (χ1) is 9.08.